The maximum atomic E-state index is 14.1. The maximum absolute atomic E-state index is 14.1. The van der Waals surface area contributed by atoms with Gasteiger partial charge in [-0.15, -0.1) is 11.3 Å². The topological polar surface area (TPSA) is 47.2 Å². The predicted octanol–water partition coefficient (Wildman–Crippen LogP) is 4.41. The zero-order valence-electron chi connectivity index (χ0n) is 13.2. The van der Waals surface area contributed by atoms with Crippen LogP contribution >= 0.6 is 11.3 Å². The van der Waals surface area contributed by atoms with Crippen molar-refractivity contribution in [1.82, 2.24) is 9.88 Å². The Morgan fingerprint density at radius 3 is 2.88 bits per heavy atom. The summed E-state index contributed by atoms with van der Waals surface area (Å²) in [6.07, 6.45) is 1.57. The molecule has 0 unspecified atom stereocenters. The number of furan rings is 1. The molecular formula is C19H15FN2O2S. The summed E-state index contributed by atoms with van der Waals surface area (Å²) in [4.78, 5) is 13.6. The molecule has 0 spiro atoms. The minimum absolute atomic E-state index is 0.212. The summed E-state index contributed by atoms with van der Waals surface area (Å²) in [6.45, 7) is 0.616. The maximum Gasteiger partial charge on any atom is 0.268 e. The van der Waals surface area contributed by atoms with E-state index in [-0.39, 0.29) is 11.7 Å². The first-order valence-corrected chi connectivity index (χ1v) is 8.71. The van der Waals surface area contributed by atoms with Gasteiger partial charge in [0, 0.05) is 10.9 Å². The molecule has 3 aromatic heterocycles. The van der Waals surface area contributed by atoms with Gasteiger partial charge in [-0.05, 0) is 35.7 Å². The van der Waals surface area contributed by atoms with Crippen LogP contribution < -0.4 is 5.32 Å². The third-order valence-corrected chi connectivity index (χ3v) is 4.98. The van der Waals surface area contributed by atoms with Gasteiger partial charge in [0.2, 0.25) is 0 Å². The second kappa shape index (κ2) is 6.57. The summed E-state index contributed by atoms with van der Waals surface area (Å²) >= 11 is 1.54. The highest BCUT2D eigenvalue weighted by Gasteiger charge is 2.17. The van der Waals surface area contributed by atoms with Crippen LogP contribution in [-0.4, -0.2) is 10.5 Å². The van der Waals surface area contributed by atoms with Gasteiger partial charge in [-0.1, -0.05) is 18.2 Å². The smallest absolute Gasteiger partial charge is 0.268 e. The lowest BCUT2D eigenvalue weighted by atomic mass is 10.2. The van der Waals surface area contributed by atoms with E-state index in [9.17, 15) is 9.18 Å². The summed E-state index contributed by atoms with van der Waals surface area (Å²) in [5, 5.41) is 5.79. The van der Waals surface area contributed by atoms with Crippen molar-refractivity contribution in [3.05, 3.63) is 83.0 Å². The first kappa shape index (κ1) is 15.7. The Morgan fingerprint density at radius 1 is 1.20 bits per heavy atom. The van der Waals surface area contributed by atoms with Crippen molar-refractivity contribution in [2.45, 2.75) is 13.1 Å². The lowest BCUT2D eigenvalue weighted by Gasteiger charge is -2.11. The van der Waals surface area contributed by atoms with Gasteiger partial charge < -0.3 is 14.3 Å². The summed E-state index contributed by atoms with van der Waals surface area (Å²) in [5.41, 5.74) is 1.06. The molecule has 4 aromatic rings. The molecule has 1 amide bonds. The Balaban J connectivity index is 1.65. The highest BCUT2D eigenvalue weighted by molar-refractivity contribution is 7.16. The van der Waals surface area contributed by atoms with Crippen LogP contribution in [-0.2, 0) is 13.1 Å². The molecule has 0 saturated heterocycles. The number of benzene rings is 1. The zero-order valence-corrected chi connectivity index (χ0v) is 14.1. The Morgan fingerprint density at radius 2 is 2.08 bits per heavy atom. The van der Waals surface area contributed by atoms with Crippen molar-refractivity contribution in [3.8, 4) is 0 Å². The average molecular weight is 354 g/mol. The summed E-state index contributed by atoms with van der Waals surface area (Å²) < 4.78 is 21.1. The number of hydrogen-bond donors (Lipinski definition) is 1. The van der Waals surface area contributed by atoms with E-state index in [1.807, 2.05) is 22.1 Å². The fourth-order valence-electron chi connectivity index (χ4n) is 2.79. The fourth-order valence-corrected chi connectivity index (χ4v) is 3.68. The van der Waals surface area contributed by atoms with Crippen molar-refractivity contribution in [2.24, 2.45) is 0 Å². The normalized spacial score (nSPS) is 11.1. The third-order valence-electron chi connectivity index (χ3n) is 4.02. The minimum atomic E-state index is -0.275. The van der Waals surface area contributed by atoms with Crippen LogP contribution in [0.15, 0.2) is 64.6 Å². The van der Waals surface area contributed by atoms with Crippen LogP contribution in [0.3, 0.4) is 0 Å². The molecule has 0 aliphatic heterocycles. The van der Waals surface area contributed by atoms with Crippen molar-refractivity contribution in [3.63, 3.8) is 0 Å². The molecule has 6 heteroatoms. The highest BCUT2D eigenvalue weighted by Crippen LogP contribution is 2.27. The lowest BCUT2D eigenvalue weighted by Crippen LogP contribution is -2.25. The Bertz CT molecular complexity index is 1020. The number of rotatable bonds is 5. The SMILES string of the molecule is O=C(NCc1ccco1)c1cc2ccsc2n1Cc1ccccc1F. The predicted molar refractivity (Wildman–Crippen MR) is 95.2 cm³/mol. The number of hydrogen-bond acceptors (Lipinski definition) is 3. The molecule has 0 saturated carbocycles. The van der Waals surface area contributed by atoms with Gasteiger partial charge >= 0.3 is 0 Å². The molecule has 4 rings (SSSR count). The molecular weight excluding hydrogens is 339 g/mol. The largest absolute Gasteiger partial charge is 0.467 e. The third kappa shape index (κ3) is 3.08. The summed E-state index contributed by atoms with van der Waals surface area (Å²) in [5.74, 6) is 0.196. The van der Waals surface area contributed by atoms with Crippen LogP contribution in [0.5, 0.6) is 0 Å². The number of halogens is 1. The van der Waals surface area contributed by atoms with Crippen molar-refractivity contribution in [2.75, 3.05) is 0 Å². The number of aromatic nitrogens is 1. The quantitative estimate of drug-likeness (QED) is 0.577. The number of nitrogens with one attached hydrogen (secondary N) is 1. The Hall–Kier alpha value is -2.86. The lowest BCUT2D eigenvalue weighted by molar-refractivity contribution is 0.0939. The standard InChI is InChI=1S/C19H15FN2O2S/c20-16-6-2-1-4-14(16)12-22-17(10-13-7-9-25-19(13)22)18(23)21-11-15-5-3-8-24-15/h1-10H,11-12H2,(H,21,23). The van der Waals surface area contributed by atoms with Crippen LogP contribution in [0.25, 0.3) is 10.2 Å². The molecule has 0 aliphatic rings. The van der Waals surface area contributed by atoms with E-state index in [0.29, 0.717) is 30.1 Å². The Labute approximate surface area is 147 Å². The molecule has 25 heavy (non-hydrogen) atoms. The van der Waals surface area contributed by atoms with Crippen LogP contribution in [0.2, 0.25) is 0 Å². The molecule has 126 valence electrons. The number of amides is 1. The summed E-state index contributed by atoms with van der Waals surface area (Å²) in [6, 6.07) is 14.0. The van der Waals surface area contributed by atoms with E-state index in [2.05, 4.69) is 5.32 Å². The molecule has 0 atom stereocenters. The van der Waals surface area contributed by atoms with Crippen molar-refractivity contribution >= 4 is 27.5 Å². The fraction of sp³-hybridized carbons (Fsp3) is 0.105. The van der Waals surface area contributed by atoms with Crippen LogP contribution in [0.4, 0.5) is 4.39 Å². The molecule has 0 radical (unpaired) electrons. The highest BCUT2D eigenvalue weighted by atomic mass is 32.1. The van der Waals surface area contributed by atoms with Gasteiger partial charge in [0.05, 0.1) is 19.4 Å². The minimum Gasteiger partial charge on any atom is -0.467 e. The molecule has 4 nitrogen and oxygen atoms in total. The Kier molecular flexibility index (Phi) is 4.11. The van der Waals surface area contributed by atoms with Crippen molar-refractivity contribution in [1.29, 1.82) is 0 Å². The van der Waals surface area contributed by atoms with Crippen molar-refractivity contribution < 1.29 is 13.6 Å². The first-order chi connectivity index (χ1) is 12.2. The number of fused-ring (bicyclic) bond motifs is 1. The van der Waals surface area contributed by atoms with Gasteiger partial charge in [0.25, 0.3) is 5.91 Å². The average Bonchev–Trinajstić information content (AvgIpc) is 3.33. The van der Waals surface area contributed by atoms with Gasteiger partial charge in [0.1, 0.15) is 22.1 Å². The van der Waals surface area contributed by atoms with Gasteiger partial charge in [-0.3, -0.25) is 4.79 Å². The van der Waals surface area contributed by atoms with E-state index in [1.54, 1.807) is 36.6 Å². The van der Waals surface area contributed by atoms with E-state index in [1.165, 1.54) is 17.4 Å². The van der Waals surface area contributed by atoms with E-state index in [4.69, 9.17) is 4.42 Å². The zero-order chi connectivity index (χ0) is 17.2. The van der Waals surface area contributed by atoms with E-state index < -0.39 is 0 Å². The second-order valence-corrected chi connectivity index (χ2v) is 6.54. The molecule has 0 aliphatic carbocycles. The van der Waals surface area contributed by atoms with E-state index >= 15 is 0 Å². The molecule has 0 fully saturated rings. The summed E-state index contributed by atoms with van der Waals surface area (Å²) in [7, 11) is 0. The number of nitrogens with zero attached hydrogens (tertiary/aromatic N) is 1. The second-order valence-electron chi connectivity index (χ2n) is 5.65. The number of carbonyl (C=O) groups excluding carboxylic acids is 1. The monoisotopic (exact) mass is 354 g/mol. The molecule has 3 heterocycles. The first-order valence-electron chi connectivity index (χ1n) is 7.83. The van der Waals surface area contributed by atoms with Gasteiger partial charge in [0.15, 0.2) is 0 Å². The molecule has 1 aromatic carbocycles. The molecule has 1 N–H and O–H groups in total. The van der Waals surface area contributed by atoms with E-state index in [0.717, 1.165) is 10.2 Å². The number of carbonyl (C=O) groups is 1. The molecule has 0 bridgehead atoms. The number of thiophene rings is 1. The van der Waals surface area contributed by atoms with Crippen LogP contribution in [0, 0.1) is 5.82 Å². The van der Waals surface area contributed by atoms with Gasteiger partial charge in [-0.2, -0.15) is 0 Å². The van der Waals surface area contributed by atoms with Gasteiger partial charge in [-0.25, -0.2) is 4.39 Å². The van der Waals surface area contributed by atoms with Crippen LogP contribution in [0.1, 0.15) is 21.8 Å².